The first-order valence-electron chi connectivity index (χ1n) is 5.21. The summed E-state index contributed by atoms with van der Waals surface area (Å²) in [7, 11) is 1.35. The number of carbonyl (C=O) groups is 1. The molecule has 4 heteroatoms. The van der Waals surface area contributed by atoms with E-state index < -0.39 is 5.41 Å². The molecule has 0 heterocycles. The van der Waals surface area contributed by atoms with Crippen LogP contribution in [0.2, 0.25) is 0 Å². The van der Waals surface area contributed by atoms with Crippen molar-refractivity contribution in [3.63, 3.8) is 0 Å². The lowest BCUT2D eigenvalue weighted by Gasteiger charge is -2.21. The minimum absolute atomic E-state index is 0.203. The number of methoxy groups -OCH3 is 1. The summed E-state index contributed by atoms with van der Waals surface area (Å²) in [4.78, 5) is 11.4. The molecule has 0 aliphatic rings. The number of benzene rings is 1. The monoisotopic (exact) mass is 233 g/mol. The maximum absolute atomic E-state index is 11.4. The van der Waals surface area contributed by atoms with Crippen LogP contribution in [0.1, 0.15) is 19.4 Å². The van der Waals surface area contributed by atoms with Crippen molar-refractivity contribution in [1.82, 2.24) is 0 Å². The van der Waals surface area contributed by atoms with Gasteiger partial charge in [0.15, 0.2) is 0 Å². The molecule has 1 aromatic carbocycles. The summed E-state index contributed by atoms with van der Waals surface area (Å²) < 4.78 is 10.2. The molecule has 0 bridgehead atoms. The Hall–Kier alpha value is -2.02. The van der Waals surface area contributed by atoms with Crippen LogP contribution in [-0.4, -0.2) is 19.7 Å². The molecule has 1 rings (SSSR count). The highest BCUT2D eigenvalue weighted by Crippen LogP contribution is 2.20. The van der Waals surface area contributed by atoms with Crippen molar-refractivity contribution in [1.29, 1.82) is 5.26 Å². The van der Waals surface area contributed by atoms with Crippen LogP contribution in [0, 0.1) is 16.7 Å². The van der Waals surface area contributed by atoms with Crippen LogP contribution in [0.3, 0.4) is 0 Å². The predicted molar refractivity (Wildman–Crippen MR) is 62.4 cm³/mol. The highest BCUT2D eigenvalue weighted by atomic mass is 16.5. The van der Waals surface area contributed by atoms with Gasteiger partial charge in [-0.05, 0) is 32.0 Å². The third kappa shape index (κ3) is 3.49. The Morgan fingerprint density at radius 2 is 2.18 bits per heavy atom. The van der Waals surface area contributed by atoms with Gasteiger partial charge in [-0.1, -0.05) is 6.07 Å². The van der Waals surface area contributed by atoms with Crippen LogP contribution in [0.4, 0.5) is 0 Å². The minimum Gasteiger partial charge on any atom is -0.492 e. The molecular formula is C13H15NO3. The first-order valence-corrected chi connectivity index (χ1v) is 5.21. The third-order valence-electron chi connectivity index (χ3n) is 2.30. The van der Waals surface area contributed by atoms with Crippen molar-refractivity contribution in [3.05, 3.63) is 29.8 Å². The van der Waals surface area contributed by atoms with E-state index in [-0.39, 0.29) is 12.6 Å². The van der Waals surface area contributed by atoms with E-state index in [1.165, 1.54) is 7.11 Å². The second-order valence-corrected chi connectivity index (χ2v) is 4.30. The lowest BCUT2D eigenvalue weighted by Crippen LogP contribution is -2.32. The number of carbonyl (C=O) groups excluding carboxylic acids is 1. The van der Waals surface area contributed by atoms with Gasteiger partial charge in [0, 0.05) is 0 Å². The number of hydrogen-bond donors (Lipinski definition) is 0. The number of nitriles is 1. The van der Waals surface area contributed by atoms with Crippen molar-refractivity contribution in [3.8, 4) is 11.8 Å². The topological polar surface area (TPSA) is 59.3 Å². The second kappa shape index (κ2) is 5.35. The normalized spacial score (nSPS) is 10.5. The van der Waals surface area contributed by atoms with Gasteiger partial charge >= 0.3 is 5.97 Å². The molecule has 0 fully saturated rings. The minimum atomic E-state index is -0.711. The van der Waals surface area contributed by atoms with Gasteiger partial charge in [-0.25, -0.2) is 0 Å². The number of rotatable bonds is 4. The first-order chi connectivity index (χ1) is 7.99. The van der Waals surface area contributed by atoms with Crippen LogP contribution in [-0.2, 0) is 9.53 Å². The smallest absolute Gasteiger partial charge is 0.314 e. The van der Waals surface area contributed by atoms with Crippen molar-refractivity contribution in [2.75, 3.05) is 13.7 Å². The molecule has 0 N–H and O–H groups in total. The molecule has 90 valence electrons. The fraction of sp³-hybridized carbons (Fsp3) is 0.385. The zero-order chi connectivity index (χ0) is 12.9. The van der Waals surface area contributed by atoms with E-state index in [0.717, 1.165) is 0 Å². The highest BCUT2D eigenvalue weighted by molar-refractivity contribution is 5.75. The number of hydrogen-bond acceptors (Lipinski definition) is 4. The molecule has 0 saturated heterocycles. The number of ether oxygens (including phenoxy) is 2. The highest BCUT2D eigenvalue weighted by Gasteiger charge is 2.29. The maximum atomic E-state index is 11.4. The zero-order valence-corrected chi connectivity index (χ0v) is 10.2. The Kier molecular flexibility index (Phi) is 4.11. The fourth-order valence-electron chi connectivity index (χ4n) is 1.25. The van der Waals surface area contributed by atoms with Crippen molar-refractivity contribution < 1.29 is 14.3 Å². The molecule has 0 spiro atoms. The standard InChI is InChI=1S/C13H15NO3/c1-13(2,12(15)16-3)9-17-11-6-4-5-10(7-11)8-14/h4-7H,9H2,1-3H3. The summed E-state index contributed by atoms with van der Waals surface area (Å²) in [6, 6.07) is 8.83. The summed E-state index contributed by atoms with van der Waals surface area (Å²) in [5.74, 6) is 0.245. The van der Waals surface area contributed by atoms with E-state index in [0.29, 0.717) is 11.3 Å². The fourth-order valence-corrected chi connectivity index (χ4v) is 1.25. The first kappa shape index (κ1) is 13.0. The molecule has 0 amide bonds. The van der Waals surface area contributed by atoms with E-state index in [2.05, 4.69) is 4.74 Å². The molecule has 0 radical (unpaired) electrons. The Morgan fingerprint density at radius 3 is 2.76 bits per heavy atom. The second-order valence-electron chi connectivity index (χ2n) is 4.30. The van der Waals surface area contributed by atoms with Gasteiger partial charge < -0.3 is 9.47 Å². The van der Waals surface area contributed by atoms with Gasteiger partial charge in [0.1, 0.15) is 12.4 Å². The summed E-state index contributed by atoms with van der Waals surface area (Å²) in [6.45, 7) is 3.69. The van der Waals surface area contributed by atoms with Gasteiger partial charge in [0.05, 0.1) is 24.2 Å². The van der Waals surface area contributed by atoms with Crippen LogP contribution >= 0.6 is 0 Å². The van der Waals surface area contributed by atoms with Gasteiger partial charge in [0.2, 0.25) is 0 Å². The van der Waals surface area contributed by atoms with E-state index in [1.54, 1.807) is 38.1 Å². The molecule has 0 aliphatic carbocycles. The Balaban J connectivity index is 2.67. The Bertz CT molecular complexity index is 446. The van der Waals surface area contributed by atoms with Gasteiger partial charge in [0.25, 0.3) is 0 Å². The largest absolute Gasteiger partial charge is 0.492 e. The molecule has 0 unspecified atom stereocenters. The molecule has 0 aliphatic heterocycles. The lowest BCUT2D eigenvalue weighted by atomic mass is 9.95. The van der Waals surface area contributed by atoms with E-state index >= 15 is 0 Å². The quantitative estimate of drug-likeness (QED) is 0.747. The maximum Gasteiger partial charge on any atom is 0.314 e. The Morgan fingerprint density at radius 1 is 1.47 bits per heavy atom. The van der Waals surface area contributed by atoms with Crippen LogP contribution in [0.15, 0.2) is 24.3 Å². The number of esters is 1. The molecule has 0 aromatic heterocycles. The Labute approximate surface area is 101 Å². The van der Waals surface area contributed by atoms with Crippen molar-refractivity contribution in [2.24, 2.45) is 5.41 Å². The van der Waals surface area contributed by atoms with Crippen molar-refractivity contribution in [2.45, 2.75) is 13.8 Å². The van der Waals surface area contributed by atoms with Gasteiger partial charge in [-0.2, -0.15) is 5.26 Å². The summed E-state index contributed by atoms with van der Waals surface area (Å²) >= 11 is 0. The van der Waals surface area contributed by atoms with E-state index in [4.69, 9.17) is 10.00 Å². The molecule has 0 atom stereocenters. The van der Waals surface area contributed by atoms with Crippen LogP contribution in [0.25, 0.3) is 0 Å². The zero-order valence-electron chi connectivity index (χ0n) is 10.2. The van der Waals surface area contributed by atoms with Crippen molar-refractivity contribution >= 4 is 5.97 Å². The van der Waals surface area contributed by atoms with Gasteiger partial charge in [-0.15, -0.1) is 0 Å². The average Bonchev–Trinajstić information content (AvgIpc) is 2.35. The third-order valence-corrected chi connectivity index (χ3v) is 2.30. The van der Waals surface area contributed by atoms with Gasteiger partial charge in [-0.3, -0.25) is 4.79 Å². The lowest BCUT2D eigenvalue weighted by molar-refractivity contribution is -0.152. The van der Waals surface area contributed by atoms with Crippen LogP contribution in [0.5, 0.6) is 5.75 Å². The predicted octanol–water partition coefficient (Wildman–Crippen LogP) is 2.14. The van der Waals surface area contributed by atoms with E-state index in [9.17, 15) is 4.79 Å². The molecular weight excluding hydrogens is 218 g/mol. The molecule has 17 heavy (non-hydrogen) atoms. The summed E-state index contributed by atoms with van der Waals surface area (Å²) in [6.07, 6.45) is 0. The molecule has 0 saturated carbocycles. The molecule has 4 nitrogen and oxygen atoms in total. The van der Waals surface area contributed by atoms with E-state index in [1.807, 2.05) is 6.07 Å². The summed E-state index contributed by atoms with van der Waals surface area (Å²) in [5.41, 5.74) is -0.185. The SMILES string of the molecule is COC(=O)C(C)(C)COc1cccc(C#N)c1. The summed E-state index contributed by atoms with van der Waals surface area (Å²) in [5, 5.41) is 8.74. The number of nitrogens with zero attached hydrogens (tertiary/aromatic N) is 1. The average molecular weight is 233 g/mol. The van der Waals surface area contributed by atoms with Crippen LogP contribution < -0.4 is 4.74 Å². The molecule has 1 aromatic rings.